The second-order valence-corrected chi connectivity index (χ2v) is 7.25. The number of aromatic nitrogens is 4. The molecule has 3 heterocycles. The van der Waals surface area contributed by atoms with E-state index >= 15 is 0 Å². The first-order valence-electron chi connectivity index (χ1n) is 8.73. The van der Waals surface area contributed by atoms with Gasteiger partial charge in [-0.2, -0.15) is 5.26 Å². The number of rotatable bonds is 3. The van der Waals surface area contributed by atoms with Gasteiger partial charge in [-0.05, 0) is 6.07 Å². The fraction of sp³-hybridized carbons (Fsp3) is 0.333. The highest BCUT2D eigenvalue weighted by Gasteiger charge is 2.43. The predicted molar refractivity (Wildman–Crippen MR) is 100 cm³/mol. The van der Waals surface area contributed by atoms with Crippen molar-refractivity contribution in [3.63, 3.8) is 0 Å². The molecule has 1 aliphatic heterocycles. The van der Waals surface area contributed by atoms with Crippen LogP contribution in [-0.2, 0) is 6.54 Å². The smallest absolute Gasteiger partial charge is 0.266 e. The van der Waals surface area contributed by atoms with Gasteiger partial charge in [0.1, 0.15) is 17.7 Å². The topological polar surface area (TPSA) is 96.7 Å². The minimum Gasteiger partial charge on any atom is -0.340 e. The molecule has 3 aromatic rings. The third-order valence-corrected chi connectivity index (χ3v) is 5.03. The third kappa shape index (κ3) is 3.59. The summed E-state index contributed by atoms with van der Waals surface area (Å²) in [4.78, 5) is 14.3. The van der Waals surface area contributed by atoms with Crippen LogP contribution in [0.3, 0.4) is 0 Å². The molecule has 0 amide bonds. The molecule has 7 nitrogen and oxygen atoms in total. The second-order valence-electron chi connectivity index (χ2n) is 6.81. The van der Waals surface area contributed by atoms with E-state index in [0.29, 0.717) is 22.3 Å². The Bertz CT molecular complexity index is 1110. The van der Waals surface area contributed by atoms with Gasteiger partial charge in [-0.3, -0.25) is 0 Å². The van der Waals surface area contributed by atoms with Crippen molar-refractivity contribution in [2.75, 3.05) is 18.0 Å². The maximum Gasteiger partial charge on any atom is 0.266 e. The Morgan fingerprint density at radius 1 is 1.31 bits per heavy atom. The van der Waals surface area contributed by atoms with Gasteiger partial charge in [-0.15, -0.1) is 0 Å². The average molecular weight is 422 g/mol. The molecular formula is C18H15ClF3N7. The quantitative estimate of drug-likeness (QED) is 0.698. The van der Waals surface area contributed by atoms with Crippen LogP contribution in [-0.4, -0.2) is 44.6 Å². The van der Waals surface area contributed by atoms with Gasteiger partial charge in [0, 0.05) is 38.0 Å². The minimum atomic E-state index is -2.98. The number of nitrogens with zero attached hydrogens (tertiary/aromatic N) is 6. The Balaban J connectivity index is 1.85. The lowest BCUT2D eigenvalue weighted by Crippen LogP contribution is -2.55. The Hall–Kier alpha value is -2.90. The maximum atomic E-state index is 13.9. The highest BCUT2D eigenvalue weighted by molar-refractivity contribution is 6.30. The van der Waals surface area contributed by atoms with Crippen LogP contribution in [0.1, 0.15) is 17.8 Å². The number of nitrogens with two attached hydrogens (primary N) is 1. The Morgan fingerprint density at radius 2 is 2.03 bits per heavy atom. The summed E-state index contributed by atoms with van der Waals surface area (Å²) >= 11 is 5.83. The lowest BCUT2D eigenvalue weighted by Gasteiger charge is -2.37. The van der Waals surface area contributed by atoms with Crippen molar-refractivity contribution >= 4 is 28.6 Å². The summed E-state index contributed by atoms with van der Waals surface area (Å²) in [6.07, 6.45) is 2.41. The van der Waals surface area contributed by atoms with E-state index in [1.165, 1.54) is 18.5 Å². The normalized spacial score (nSPS) is 18.8. The average Bonchev–Trinajstić information content (AvgIpc) is 3.03. The van der Waals surface area contributed by atoms with Crippen LogP contribution in [0.25, 0.3) is 11.0 Å². The van der Waals surface area contributed by atoms with E-state index in [0.717, 1.165) is 6.07 Å². The molecule has 0 radical (unpaired) electrons. The lowest BCUT2D eigenvalue weighted by molar-refractivity contribution is -0.0395. The van der Waals surface area contributed by atoms with E-state index in [1.54, 1.807) is 9.47 Å². The van der Waals surface area contributed by atoms with Crippen molar-refractivity contribution in [1.29, 1.82) is 5.26 Å². The van der Waals surface area contributed by atoms with Crippen LogP contribution >= 0.6 is 11.6 Å². The monoisotopic (exact) mass is 421 g/mol. The fourth-order valence-electron chi connectivity index (χ4n) is 3.37. The molecule has 4 rings (SSSR count). The zero-order valence-corrected chi connectivity index (χ0v) is 15.7. The summed E-state index contributed by atoms with van der Waals surface area (Å²) in [6, 6.07) is 2.88. The number of hydrogen-bond acceptors (Lipinski definition) is 6. The second kappa shape index (κ2) is 7.17. The van der Waals surface area contributed by atoms with Gasteiger partial charge < -0.3 is 15.2 Å². The molecule has 1 fully saturated rings. The van der Waals surface area contributed by atoms with Crippen molar-refractivity contribution in [3.05, 3.63) is 46.8 Å². The van der Waals surface area contributed by atoms with Gasteiger partial charge in [0.15, 0.2) is 0 Å². The lowest BCUT2D eigenvalue weighted by atomic mass is 10.0. The molecule has 29 heavy (non-hydrogen) atoms. The summed E-state index contributed by atoms with van der Waals surface area (Å²) < 4.78 is 43.2. The first-order chi connectivity index (χ1) is 13.8. The third-order valence-electron chi connectivity index (χ3n) is 4.84. The van der Waals surface area contributed by atoms with Crippen LogP contribution in [0.2, 0.25) is 5.02 Å². The number of anilines is 1. The van der Waals surface area contributed by atoms with Gasteiger partial charge >= 0.3 is 0 Å². The standard InChI is InChI=1S/C18H15ClF3N7/c19-11-6-25-15(26-7-11)9-29-16-10(5-23)3-12(20)4-13(16)27-17(29)28-2-1-18(21,22)14(24)8-28/h3-4,6-7,14H,1-2,8-9,24H2. The van der Waals surface area contributed by atoms with Crippen molar-refractivity contribution in [3.8, 4) is 6.07 Å². The number of alkyl halides is 2. The van der Waals surface area contributed by atoms with Crippen molar-refractivity contribution in [1.82, 2.24) is 19.5 Å². The number of fused-ring (bicyclic) bond motifs is 1. The number of halogens is 4. The van der Waals surface area contributed by atoms with E-state index in [1.807, 2.05) is 6.07 Å². The molecule has 2 N–H and O–H groups in total. The van der Waals surface area contributed by atoms with Crippen molar-refractivity contribution in [2.45, 2.75) is 24.9 Å². The molecule has 0 spiro atoms. The molecule has 1 aromatic carbocycles. The Labute approximate surface area is 168 Å². The zero-order chi connectivity index (χ0) is 20.8. The predicted octanol–water partition coefficient (Wildman–Crippen LogP) is 2.71. The largest absolute Gasteiger partial charge is 0.340 e. The van der Waals surface area contributed by atoms with Gasteiger partial charge in [0.2, 0.25) is 5.95 Å². The summed E-state index contributed by atoms with van der Waals surface area (Å²) in [5, 5.41) is 9.83. The molecule has 0 aliphatic carbocycles. The van der Waals surface area contributed by atoms with Crippen LogP contribution in [0.4, 0.5) is 19.1 Å². The molecule has 2 aromatic heterocycles. The molecule has 0 bridgehead atoms. The van der Waals surface area contributed by atoms with E-state index < -0.39 is 24.2 Å². The van der Waals surface area contributed by atoms with Crippen LogP contribution in [0.15, 0.2) is 24.5 Å². The molecule has 1 unspecified atom stereocenters. The SMILES string of the molecule is N#Cc1cc(F)cc2nc(N3CCC(F)(F)C(N)C3)n(Cc3ncc(Cl)cn3)c12. The van der Waals surface area contributed by atoms with E-state index in [4.69, 9.17) is 17.3 Å². The number of piperidine rings is 1. The molecule has 1 aliphatic rings. The van der Waals surface area contributed by atoms with E-state index in [2.05, 4.69) is 15.0 Å². The van der Waals surface area contributed by atoms with E-state index in [9.17, 15) is 18.4 Å². The van der Waals surface area contributed by atoms with Crippen LogP contribution < -0.4 is 10.6 Å². The molecule has 11 heteroatoms. The first kappa shape index (κ1) is 19.4. The van der Waals surface area contributed by atoms with Crippen LogP contribution in [0.5, 0.6) is 0 Å². The van der Waals surface area contributed by atoms with Gasteiger partial charge in [0.25, 0.3) is 5.92 Å². The van der Waals surface area contributed by atoms with Gasteiger partial charge in [0.05, 0.1) is 34.2 Å². The number of nitriles is 1. The minimum absolute atomic E-state index is 0.00979. The molecule has 1 saturated heterocycles. The molecule has 1 atom stereocenters. The maximum absolute atomic E-state index is 13.9. The highest BCUT2D eigenvalue weighted by atomic mass is 35.5. The first-order valence-corrected chi connectivity index (χ1v) is 9.11. The number of hydrogen-bond donors (Lipinski definition) is 1. The Kier molecular flexibility index (Phi) is 4.80. The van der Waals surface area contributed by atoms with Gasteiger partial charge in [-0.25, -0.2) is 28.1 Å². The van der Waals surface area contributed by atoms with Gasteiger partial charge in [-0.1, -0.05) is 11.6 Å². The summed E-state index contributed by atoms with van der Waals surface area (Å²) in [5.74, 6) is -2.92. The molecule has 0 saturated carbocycles. The Morgan fingerprint density at radius 3 is 2.69 bits per heavy atom. The fourth-order valence-corrected chi connectivity index (χ4v) is 3.47. The summed E-state index contributed by atoms with van der Waals surface area (Å²) in [6.45, 7) is -0.0382. The number of imidazole rings is 1. The zero-order valence-electron chi connectivity index (χ0n) is 15.0. The van der Waals surface area contributed by atoms with E-state index in [-0.39, 0.29) is 30.7 Å². The summed E-state index contributed by atoms with van der Waals surface area (Å²) in [5.41, 5.74) is 6.32. The van der Waals surface area contributed by atoms with Crippen molar-refractivity contribution in [2.24, 2.45) is 5.73 Å². The number of benzene rings is 1. The molecular weight excluding hydrogens is 407 g/mol. The molecule has 150 valence electrons. The van der Waals surface area contributed by atoms with Crippen molar-refractivity contribution < 1.29 is 13.2 Å². The summed E-state index contributed by atoms with van der Waals surface area (Å²) in [7, 11) is 0. The van der Waals surface area contributed by atoms with Crippen LogP contribution in [0, 0.1) is 17.1 Å². The highest BCUT2D eigenvalue weighted by Crippen LogP contribution is 2.32.